The minimum absolute atomic E-state index is 0.506. The number of nitrogens with one attached hydrogen (secondary N) is 3. The van der Waals surface area contributed by atoms with Gasteiger partial charge in [-0.15, -0.1) is 0 Å². The lowest BCUT2D eigenvalue weighted by Gasteiger charge is -2.29. The smallest absolute Gasteiger partial charge is 0.226 e. The summed E-state index contributed by atoms with van der Waals surface area (Å²) in [5, 5.41) is 14.8. The van der Waals surface area contributed by atoms with Crippen molar-refractivity contribution in [1.82, 2.24) is 20.2 Å². The molecule has 6 heteroatoms. The zero-order valence-electron chi connectivity index (χ0n) is 12.8. The summed E-state index contributed by atoms with van der Waals surface area (Å²) in [6, 6.07) is 0.506. The largest absolute Gasteiger partial charge is 0.367 e. The molecule has 2 heterocycles. The second kappa shape index (κ2) is 6.28. The van der Waals surface area contributed by atoms with Crippen LogP contribution in [0.2, 0.25) is 0 Å². The van der Waals surface area contributed by atoms with E-state index in [1.807, 2.05) is 6.92 Å². The van der Waals surface area contributed by atoms with Crippen LogP contribution in [0.15, 0.2) is 6.20 Å². The number of H-pyrrole nitrogens is 1. The van der Waals surface area contributed by atoms with Crippen LogP contribution < -0.4 is 10.6 Å². The maximum absolute atomic E-state index is 4.61. The molecule has 2 aromatic heterocycles. The third-order valence-corrected chi connectivity index (χ3v) is 4.35. The number of aromatic nitrogens is 4. The van der Waals surface area contributed by atoms with Crippen molar-refractivity contribution < 1.29 is 0 Å². The monoisotopic (exact) mass is 288 g/mol. The summed E-state index contributed by atoms with van der Waals surface area (Å²) >= 11 is 0. The summed E-state index contributed by atoms with van der Waals surface area (Å²) in [4.78, 5) is 9.04. The van der Waals surface area contributed by atoms with Crippen molar-refractivity contribution in [2.45, 2.75) is 52.0 Å². The molecule has 2 atom stereocenters. The van der Waals surface area contributed by atoms with Gasteiger partial charge in [0.05, 0.1) is 11.6 Å². The van der Waals surface area contributed by atoms with Gasteiger partial charge in [-0.1, -0.05) is 26.2 Å². The molecule has 2 unspecified atom stereocenters. The molecule has 114 valence electrons. The zero-order chi connectivity index (χ0) is 14.7. The Hall–Kier alpha value is -1.85. The Labute approximate surface area is 125 Å². The van der Waals surface area contributed by atoms with Crippen molar-refractivity contribution in [2.75, 3.05) is 17.2 Å². The Morgan fingerprint density at radius 1 is 1.29 bits per heavy atom. The highest BCUT2D eigenvalue weighted by Gasteiger charge is 2.22. The average molecular weight is 288 g/mol. The van der Waals surface area contributed by atoms with Gasteiger partial charge in [0.25, 0.3) is 0 Å². The van der Waals surface area contributed by atoms with Crippen molar-refractivity contribution in [3.63, 3.8) is 0 Å². The minimum atomic E-state index is 0.506. The summed E-state index contributed by atoms with van der Waals surface area (Å²) in [5.41, 5.74) is 0.784. The molecule has 0 bridgehead atoms. The summed E-state index contributed by atoms with van der Waals surface area (Å²) in [6.45, 7) is 5.14. The molecule has 3 rings (SSSR count). The molecular formula is C15H24N6. The van der Waals surface area contributed by atoms with Crippen molar-refractivity contribution in [3.8, 4) is 0 Å². The molecular weight excluding hydrogens is 264 g/mol. The van der Waals surface area contributed by atoms with E-state index < -0.39 is 0 Å². The lowest BCUT2D eigenvalue weighted by atomic mass is 9.84. The van der Waals surface area contributed by atoms with Gasteiger partial charge in [-0.25, -0.2) is 0 Å². The van der Waals surface area contributed by atoms with Crippen molar-refractivity contribution >= 4 is 22.8 Å². The van der Waals surface area contributed by atoms with Gasteiger partial charge in [0, 0.05) is 12.6 Å². The number of aromatic amines is 1. The molecule has 1 aliphatic rings. The number of fused-ring (bicyclic) bond motifs is 1. The predicted octanol–water partition coefficient (Wildman–Crippen LogP) is 3.17. The van der Waals surface area contributed by atoms with Crippen LogP contribution in [0.1, 0.15) is 46.0 Å². The average Bonchev–Trinajstić information content (AvgIpc) is 2.96. The van der Waals surface area contributed by atoms with Crippen molar-refractivity contribution in [2.24, 2.45) is 5.92 Å². The number of hydrogen-bond donors (Lipinski definition) is 3. The van der Waals surface area contributed by atoms with E-state index in [1.165, 1.54) is 32.1 Å². The Kier molecular flexibility index (Phi) is 4.22. The second-order valence-electron chi connectivity index (χ2n) is 5.84. The number of anilines is 2. The fraction of sp³-hybridized carbons (Fsp3) is 0.667. The maximum atomic E-state index is 4.61. The molecule has 0 radical (unpaired) electrons. The zero-order valence-corrected chi connectivity index (χ0v) is 12.8. The van der Waals surface area contributed by atoms with Crippen LogP contribution in [0.25, 0.3) is 11.0 Å². The van der Waals surface area contributed by atoms with Crippen molar-refractivity contribution in [1.29, 1.82) is 0 Å². The molecule has 0 saturated heterocycles. The Morgan fingerprint density at radius 2 is 2.19 bits per heavy atom. The molecule has 1 saturated carbocycles. The molecule has 0 aromatic carbocycles. The summed E-state index contributed by atoms with van der Waals surface area (Å²) in [6.07, 6.45) is 8.18. The van der Waals surface area contributed by atoms with Crippen LogP contribution in [0.4, 0.5) is 11.8 Å². The van der Waals surface area contributed by atoms with Crippen LogP contribution in [-0.4, -0.2) is 32.8 Å². The van der Waals surface area contributed by atoms with Gasteiger partial charge in [-0.05, 0) is 25.7 Å². The summed E-state index contributed by atoms with van der Waals surface area (Å²) in [7, 11) is 0. The van der Waals surface area contributed by atoms with Crippen molar-refractivity contribution in [3.05, 3.63) is 6.20 Å². The highest BCUT2D eigenvalue weighted by Crippen LogP contribution is 2.30. The number of nitrogens with zero attached hydrogens (tertiary/aromatic N) is 3. The van der Waals surface area contributed by atoms with Gasteiger partial charge in [-0.2, -0.15) is 15.1 Å². The Bertz CT molecular complexity index is 593. The van der Waals surface area contributed by atoms with Gasteiger partial charge in [0.2, 0.25) is 5.95 Å². The van der Waals surface area contributed by atoms with Gasteiger partial charge < -0.3 is 10.6 Å². The highest BCUT2D eigenvalue weighted by atomic mass is 15.2. The van der Waals surface area contributed by atoms with E-state index in [9.17, 15) is 0 Å². The third-order valence-electron chi connectivity index (χ3n) is 4.35. The first-order valence-electron chi connectivity index (χ1n) is 8.01. The normalized spacial score (nSPS) is 22.4. The van der Waals surface area contributed by atoms with E-state index in [2.05, 4.69) is 37.7 Å². The fourth-order valence-corrected chi connectivity index (χ4v) is 3.17. The fourth-order valence-electron chi connectivity index (χ4n) is 3.17. The van der Waals surface area contributed by atoms with Crippen LogP contribution in [-0.2, 0) is 0 Å². The van der Waals surface area contributed by atoms with E-state index >= 15 is 0 Å². The molecule has 0 spiro atoms. The number of rotatable bonds is 5. The first kappa shape index (κ1) is 14.1. The van der Waals surface area contributed by atoms with Crippen LogP contribution >= 0.6 is 0 Å². The molecule has 1 fully saturated rings. The molecule has 6 nitrogen and oxygen atoms in total. The van der Waals surface area contributed by atoms with Gasteiger partial charge in [-0.3, -0.25) is 5.10 Å². The first-order valence-corrected chi connectivity index (χ1v) is 8.01. The van der Waals surface area contributed by atoms with Gasteiger partial charge in [0.15, 0.2) is 5.65 Å². The topological polar surface area (TPSA) is 78.5 Å². The van der Waals surface area contributed by atoms with E-state index in [-0.39, 0.29) is 0 Å². The molecule has 1 aliphatic carbocycles. The molecule has 3 N–H and O–H groups in total. The Morgan fingerprint density at radius 3 is 3.00 bits per heavy atom. The Balaban J connectivity index is 1.83. The lowest BCUT2D eigenvalue weighted by molar-refractivity contribution is 0.327. The van der Waals surface area contributed by atoms with Gasteiger partial charge >= 0.3 is 0 Å². The van der Waals surface area contributed by atoms with E-state index in [1.54, 1.807) is 6.20 Å². The first-order chi connectivity index (χ1) is 10.3. The third kappa shape index (κ3) is 3.09. The highest BCUT2D eigenvalue weighted by molar-refractivity contribution is 5.87. The van der Waals surface area contributed by atoms with E-state index in [4.69, 9.17) is 0 Å². The lowest BCUT2D eigenvalue weighted by Crippen LogP contribution is -2.27. The van der Waals surface area contributed by atoms with Crippen LogP contribution in [0.5, 0.6) is 0 Å². The van der Waals surface area contributed by atoms with Gasteiger partial charge in [0.1, 0.15) is 5.82 Å². The molecule has 2 aromatic rings. The maximum Gasteiger partial charge on any atom is 0.226 e. The molecule has 0 aliphatic heterocycles. The van der Waals surface area contributed by atoms with Crippen LogP contribution in [0, 0.1) is 5.92 Å². The van der Waals surface area contributed by atoms with Crippen LogP contribution in [0.3, 0.4) is 0 Å². The minimum Gasteiger partial charge on any atom is -0.367 e. The van der Waals surface area contributed by atoms with E-state index in [0.29, 0.717) is 12.0 Å². The predicted molar refractivity (Wildman–Crippen MR) is 85.5 cm³/mol. The summed E-state index contributed by atoms with van der Waals surface area (Å²) in [5.74, 6) is 2.39. The molecule has 0 amide bonds. The van der Waals surface area contributed by atoms with E-state index in [0.717, 1.165) is 29.3 Å². The second-order valence-corrected chi connectivity index (χ2v) is 5.84. The SMILES string of the molecule is CCNc1nc(NC2CCCC(CC)C2)c2cn[nH]c2n1. The standard InChI is InChI=1S/C15H24N6/c1-3-10-6-5-7-11(8-10)18-13-12-9-17-21-14(12)20-15(19-13)16-4-2/h9-11H,3-8H2,1-2H3,(H3,16,17,18,19,20,21). The molecule has 21 heavy (non-hydrogen) atoms. The quantitative estimate of drug-likeness (QED) is 0.787. The number of hydrogen-bond acceptors (Lipinski definition) is 5. The summed E-state index contributed by atoms with van der Waals surface area (Å²) < 4.78 is 0.